The number of aryl methyl sites for hydroxylation is 1. The zero-order valence-electron chi connectivity index (χ0n) is 13.0. The van der Waals surface area contributed by atoms with Crippen molar-refractivity contribution in [2.45, 2.75) is 32.8 Å². The number of ether oxygens (including phenoxy) is 1. The molecule has 1 atom stereocenters. The molecule has 0 bridgehead atoms. The fourth-order valence-corrected chi connectivity index (χ4v) is 2.76. The third-order valence-electron chi connectivity index (χ3n) is 4.01. The van der Waals surface area contributed by atoms with Gasteiger partial charge in [-0.3, -0.25) is 4.79 Å². The van der Waals surface area contributed by atoms with Gasteiger partial charge in [-0.15, -0.1) is 0 Å². The predicted octanol–water partition coefficient (Wildman–Crippen LogP) is 2.40. The van der Waals surface area contributed by atoms with E-state index in [-0.39, 0.29) is 12.0 Å². The molecule has 5 heteroatoms. The van der Waals surface area contributed by atoms with Gasteiger partial charge in [-0.05, 0) is 44.4 Å². The van der Waals surface area contributed by atoms with Gasteiger partial charge in [-0.25, -0.2) is 4.68 Å². The average Bonchev–Trinajstić information content (AvgIpc) is 3.14. The van der Waals surface area contributed by atoms with Crippen molar-refractivity contribution in [1.29, 1.82) is 0 Å². The number of nitrogens with zero attached hydrogens (tertiary/aromatic N) is 2. The SMILES string of the molecule is Cc1cccc(-n2ncc(C(=O)NC[C@@H]3CCCO3)c2C)c1. The second kappa shape index (κ2) is 6.32. The van der Waals surface area contributed by atoms with Crippen LogP contribution >= 0.6 is 0 Å². The summed E-state index contributed by atoms with van der Waals surface area (Å²) in [6.45, 7) is 5.31. The summed E-state index contributed by atoms with van der Waals surface area (Å²) in [5.41, 5.74) is 3.59. The standard InChI is InChI=1S/C17H21N3O2/c1-12-5-3-6-14(9-12)20-13(2)16(11-19-20)17(21)18-10-15-7-4-8-22-15/h3,5-6,9,11,15H,4,7-8,10H2,1-2H3,(H,18,21)/t15-/m0/s1. The Bertz CT molecular complexity index is 672. The highest BCUT2D eigenvalue weighted by molar-refractivity contribution is 5.95. The Kier molecular flexibility index (Phi) is 4.24. The molecule has 1 fully saturated rings. The lowest BCUT2D eigenvalue weighted by Crippen LogP contribution is -2.32. The van der Waals surface area contributed by atoms with E-state index in [4.69, 9.17) is 4.74 Å². The molecular weight excluding hydrogens is 278 g/mol. The molecule has 0 unspecified atom stereocenters. The van der Waals surface area contributed by atoms with Crippen molar-refractivity contribution >= 4 is 5.91 Å². The summed E-state index contributed by atoms with van der Waals surface area (Å²) in [6.07, 6.45) is 3.87. The lowest BCUT2D eigenvalue weighted by atomic mass is 10.2. The van der Waals surface area contributed by atoms with Crippen molar-refractivity contribution < 1.29 is 9.53 Å². The lowest BCUT2D eigenvalue weighted by molar-refractivity contribution is 0.0857. The molecule has 1 amide bonds. The first-order chi connectivity index (χ1) is 10.6. The molecule has 116 valence electrons. The summed E-state index contributed by atoms with van der Waals surface area (Å²) in [5.74, 6) is -0.0908. The van der Waals surface area contributed by atoms with Crippen LogP contribution in [0, 0.1) is 13.8 Å². The third kappa shape index (κ3) is 3.04. The second-order valence-corrected chi connectivity index (χ2v) is 5.74. The zero-order chi connectivity index (χ0) is 15.5. The van der Waals surface area contributed by atoms with Gasteiger partial charge in [0.1, 0.15) is 0 Å². The maximum atomic E-state index is 12.3. The molecule has 0 aliphatic carbocycles. The molecule has 3 rings (SSSR count). The monoisotopic (exact) mass is 299 g/mol. The molecule has 2 aromatic rings. The van der Waals surface area contributed by atoms with Crippen LogP contribution in [0.2, 0.25) is 0 Å². The summed E-state index contributed by atoms with van der Waals surface area (Å²) in [5, 5.41) is 7.29. The molecule has 1 aromatic heterocycles. The van der Waals surface area contributed by atoms with Gasteiger partial charge < -0.3 is 10.1 Å². The first-order valence-corrected chi connectivity index (χ1v) is 7.66. The van der Waals surface area contributed by atoms with Crippen LogP contribution in [0.4, 0.5) is 0 Å². The number of hydrogen-bond acceptors (Lipinski definition) is 3. The van der Waals surface area contributed by atoms with Gasteiger partial charge in [-0.2, -0.15) is 5.10 Å². The van der Waals surface area contributed by atoms with Crippen molar-refractivity contribution in [3.63, 3.8) is 0 Å². The Morgan fingerprint density at radius 3 is 3.05 bits per heavy atom. The molecule has 0 spiro atoms. The van der Waals surface area contributed by atoms with E-state index in [0.29, 0.717) is 12.1 Å². The van der Waals surface area contributed by atoms with Gasteiger partial charge in [0.15, 0.2) is 0 Å². The smallest absolute Gasteiger partial charge is 0.254 e. The summed E-state index contributed by atoms with van der Waals surface area (Å²) < 4.78 is 7.32. The number of amides is 1. The first kappa shape index (κ1) is 14.8. The summed E-state index contributed by atoms with van der Waals surface area (Å²) >= 11 is 0. The fraction of sp³-hybridized carbons (Fsp3) is 0.412. The van der Waals surface area contributed by atoms with Gasteiger partial charge in [0.05, 0.1) is 29.2 Å². The molecule has 22 heavy (non-hydrogen) atoms. The van der Waals surface area contributed by atoms with Crippen molar-refractivity contribution in [2.75, 3.05) is 13.2 Å². The highest BCUT2D eigenvalue weighted by Gasteiger charge is 2.19. The van der Waals surface area contributed by atoms with Crippen LogP contribution < -0.4 is 5.32 Å². The Morgan fingerprint density at radius 1 is 1.45 bits per heavy atom. The van der Waals surface area contributed by atoms with Gasteiger partial charge in [0.25, 0.3) is 5.91 Å². The van der Waals surface area contributed by atoms with Crippen molar-refractivity contribution in [3.8, 4) is 5.69 Å². The minimum absolute atomic E-state index is 0.0908. The molecule has 1 saturated heterocycles. The van der Waals surface area contributed by atoms with Gasteiger partial charge in [0, 0.05) is 13.2 Å². The Balaban J connectivity index is 1.73. The van der Waals surface area contributed by atoms with E-state index in [1.807, 2.05) is 38.1 Å². The normalized spacial score (nSPS) is 17.6. The van der Waals surface area contributed by atoms with Crippen LogP contribution in [0.5, 0.6) is 0 Å². The largest absolute Gasteiger partial charge is 0.376 e. The Labute approximate surface area is 130 Å². The first-order valence-electron chi connectivity index (χ1n) is 7.66. The van der Waals surface area contributed by atoms with Crippen LogP contribution in [-0.4, -0.2) is 34.9 Å². The van der Waals surface area contributed by atoms with E-state index in [2.05, 4.69) is 10.4 Å². The van der Waals surface area contributed by atoms with E-state index in [0.717, 1.165) is 36.4 Å². The van der Waals surface area contributed by atoms with Crippen LogP contribution in [-0.2, 0) is 4.74 Å². The summed E-state index contributed by atoms with van der Waals surface area (Å²) in [7, 11) is 0. The molecule has 5 nitrogen and oxygen atoms in total. The third-order valence-corrected chi connectivity index (χ3v) is 4.01. The minimum Gasteiger partial charge on any atom is -0.376 e. The second-order valence-electron chi connectivity index (χ2n) is 5.74. The number of benzene rings is 1. The van der Waals surface area contributed by atoms with E-state index >= 15 is 0 Å². The average molecular weight is 299 g/mol. The molecule has 0 radical (unpaired) electrons. The topological polar surface area (TPSA) is 56.2 Å². The summed E-state index contributed by atoms with van der Waals surface area (Å²) in [4.78, 5) is 12.3. The van der Waals surface area contributed by atoms with Crippen LogP contribution in [0.3, 0.4) is 0 Å². The number of aromatic nitrogens is 2. The number of hydrogen-bond donors (Lipinski definition) is 1. The maximum Gasteiger partial charge on any atom is 0.254 e. The number of carbonyl (C=O) groups is 1. The fourth-order valence-electron chi connectivity index (χ4n) is 2.76. The molecule has 1 aromatic carbocycles. The van der Waals surface area contributed by atoms with Crippen molar-refractivity contribution in [1.82, 2.24) is 15.1 Å². The van der Waals surface area contributed by atoms with E-state index in [1.165, 1.54) is 0 Å². The van der Waals surface area contributed by atoms with Crippen LogP contribution in [0.25, 0.3) is 5.69 Å². The molecule has 1 aliphatic heterocycles. The highest BCUT2D eigenvalue weighted by atomic mass is 16.5. The molecular formula is C17H21N3O2. The molecule has 2 heterocycles. The Morgan fingerprint density at radius 2 is 2.32 bits per heavy atom. The molecule has 1 aliphatic rings. The lowest BCUT2D eigenvalue weighted by Gasteiger charge is -2.11. The summed E-state index contributed by atoms with van der Waals surface area (Å²) in [6, 6.07) is 8.07. The van der Waals surface area contributed by atoms with E-state index in [9.17, 15) is 4.79 Å². The van der Waals surface area contributed by atoms with Gasteiger partial charge in [-0.1, -0.05) is 12.1 Å². The number of rotatable bonds is 4. The molecule has 0 saturated carbocycles. The Hall–Kier alpha value is -2.14. The van der Waals surface area contributed by atoms with Crippen molar-refractivity contribution in [2.24, 2.45) is 0 Å². The highest BCUT2D eigenvalue weighted by Crippen LogP contribution is 2.16. The van der Waals surface area contributed by atoms with E-state index < -0.39 is 0 Å². The molecule has 1 N–H and O–H groups in total. The maximum absolute atomic E-state index is 12.3. The van der Waals surface area contributed by atoms with Crippen LogP contribution in [0.15, 0.2) is 30.5 Å². The van der Waals surface area contributed by atoms with Crippen molar-refractivity contribution in [3.05, 3.63) is 47.3 Å². The number of nitrogens with one attached hydrogen (secondary N) is 1. The minimum atomic E-state index is -0.0908. The quantitative estimate of drug-likeness (QED) is 0.943. The number of carbonyl (C=O) groups excluding carboxylic acids is 1. The van der Waals surface area contributed by atoms with E-state index in [1.54, 1.807) is 10.9 Å². The van der Waals surface area contributed by atoms with Gasteiger partial charge >= 0.3 is 0 Å². The predicted molar refractivity (Wildman–Crippen MR) is 84.3 cm³/mol. The zero-order valence-corrected chi connectivity index (χ0v) is 13.0. The van der Waals surface area contributed by atoms with Gasteiger partial charge in [0.2, 0.25) is 0 Å². The van der Waals surface area contributed by atoms with Crippen LogP contribution in [0.1, 0.15) is 34.5 Å².